The van der Waals surface area contributed by atoms with Crippen LogP contribution in [0.1, 0.15) is 57.6 Å². The molecule has 0 unspecified atom stereocenters. The zero-order valence-electron chi connectivity index (χ0n) is 13.8. The molecule has 118 valence electrons. The average molecular weight is 290 g/mol. The van der Waals surface area contributed by atoms with Crippen LogP contribution in [0.15, 0.2) is 18.2 Å². The number of rotatable bonds is 10. The molecule has 2 N–H and O–H groups in total. The lowest BCUT2D eigenvalue weighted by molar-refractivity contribution is -0.116. The molecule has 0 bridgehead atoms. The Labute approximate surface area is 129 Å². The highest BCUT2D eigenvalue weighted by Gasteiger charge is 2.09. The molecule has 1 rings (SSSR count). The topological polar surface area (TPSA) is 41.1 Å². The molecule has 0 radical (unpaired) electrons. The first-order valence-electron chi connectivity index (χ1n) is 8.34. The number of unbranched alkanes of at least 4 members (excludes halogenated alkanes) is 2. The van der Waals surface area contributed by atoms with Crippen LogP contribution in [0.2, 0.25) is 0 Å². The molecule has 0 fully saturated rings. The summed E-state index contributed by atoms with van der Waals surface area (Å²) in [5.41, 5.74) is 3.47. The molecule has 0 saturated carbocycles. The second kappa shape index (κ2) is 10.4. The Balaban J connectivity index is 2.44. The van der Waals surface area contributed by atoms with Crippen LogP contribution < -0.4 is 10.6 Å². The number of aryl methyl sites for hydroxylation is 2. The maximum atomic E-state index is 12.1. The predicted octanol–water partition coefficient (Wildman–Crippen LogP) is 3.92. The Morgan fingerprint density at radius 2 is 1.67 bits per heavy atom. The maximum Gasteiger partial charge on any atom is 0.225 e. The molecule has 3 heteroatoms. The van der Waals surface area contributed by atoms with E-state index >= 15 is 0 Å². The quantitative estimate of drug-likeness (QED) is 0.641. The molecule has 0 saturated heterocycles. The largest absolute Gasteiger partial charge is 0.326 e. The monoisotopic (exact) mass is 290 g/mol. The summed E-state index contributed by atoms with van der Waals surface area (Å²) in [6.45, 7) is 8.21. The minimum Gasteiger partial charge on any atom is -0.326 e. The van der Waals surface area contributed by atoms with Gasteiger partial charge in [-0.15, -0.1) is 0 Å². The van der Waals surface area contributed by atoms with Gasteiger partial charge in [-0.3, -0.25) is 4.79 Å². The van der Waals surface area contributed by atoms with Crippen molar-refractivity contribution in [3.05, 3.63) is 29.3 Å². The first-order chi connectivity index (χ1) is 10.2. The third-order valence-electron chi connectivity index (χ3n) is 3.75. The number of benzene rings is 1. The number of hydrogen-bond donors (Lipinski definition) is 2. The predicted molar refractivity (Wildman–Crippen MR) is 90.8 cm³/mol. The van der Waals surface area contributed by atoms with E-state index < -0.39 is 0 Å². The van der Waals surface area contributed by atoms with E-state index in [4.69, 9.17) is 0 Å². The number of hydrogen-bond acceptors (Lipinski definition) is 2. The number of para-hydroxylation sites is 1. The maximum absolute atomic E-state index is 12.1. The molecular weight excluding hydrogens is 260 g/mol. The molecule has 0 atom stereocenters. The lowest BCUT2D eigenvalue weighted by atomic mass is 10.0. The Kier molecular flexibility index (Phi) is 8.76. The molecule has 0 aromatic heterocycles. The van der Waals surface area contributed by atoms with Gasteiger partial charge in [-0.25, -0.2) is 0 Å². The Bertz CT molecular complexity index is 407. The fraction of sp³-hybridized carbons (Fsp3) is 0.611. The van der Waals surface area contributed by atoms with Crippen molar-refractivity contribution in [1.29, 1.82) is 0 Å². The molecular formula is C18H30N2O. The van der Waals surface area contributed by atoms with Gasteiger partial charge in [-0.05, 0) is 36.9 Å². The van der Waals surface area contributed by atoms with E-state index in [1.165, 1.54) is 30.4 Å². The van der Waals surface area contributed by atoms with E-state index in [9.17, 15) is 4.79 Å². The van der Waals surface area contributed by atoms with Crippen LogP contribution in [0.25, 0.3) is 0 Å². The highest BCUT2D eigenvalue weighted by molar-refractivity contribution is 5.92. The zero-order valence-corrected chi connectivity index (χ0v) is 13.8. The van der Waals surface area contributed by atoms with Crippen LogP contribution in [0, 0.1) is 0 Å². The Morgan fingerprint density at radius 1 is 1.00 bits per heavy atom. The fourth-order valence-electron chi connectivity index (χ4n) is 2.43. The molecule has 0 aliphatic rings. The van der Waals surface area contributed by atoms with Gasteiger partial charge in [0.05, 0.1) is 0 Å². The minimum absolute atomic E-state index is 0.105. The van der Waals surface area contributed by atoms with Crippen molar-refractivity contribution in [2.24, 2.45) is 0 Å². The first kappa shape index (κ1) is 17.7. The Hall–Kier alpha value is -1.35. The van der Waals surface area contributed by atoms with Gasteiger partial charge in [0.1, 0.15) is 0 Å². The molecule has 3 nitrogen and oxygen atoms in total. The van der Waals surface area contributed by atoms with E-state index in [2.05, 4.69) is 49.6 Å². The van der Waals surface area contributed by atoms with E-state index in [0.717, 1.165) is 31.6 Å². The van der Waals surface area contributed by atoms with Crippen molar-refractivity contribution in [1.82, 2.24) is 5.32 Å². The summed E-state index contributed by atoms with van der Waals surface area (Å²) in [5.74, 6) is 0.105. The number of carbonyl (C=O) groups excluding carboxylic acids is 1. The highest BCUT2D eigenvalue weighted by Crippen LogP contribution is 2.22. The molecule has 1 aromatic carbocycles. The first-order valence-corrected chi connectivity index (χ1v) is 8.34. The van der Waals surface area contributed by atoms with Gasteiger partial charge in [0.25, 0.3) is 0 Å². The van der Waals surface area contributed by atoms with Crippen molar-refractivity contribution in [2.45, 2.75) is 59.3 Å². The van der Waals surface area contributed by atoms with Crippen molar-refractivity contribution in [2.75, 3.05) is 18.4 Å². The molecule has 21 heavy (non-hydrogen) atoms. The summed E-state index contributed by atoms with van der Waals surface area (Å²) in [4.78, 5) is 12.1. The smallest absolute Gasteiger partial charge is 0.225 e. The third kappa shape index (κ3) is 6.30. The van der Waals surface area contributed by atoms with Gasteiger partial charge >= 0.3 is 0 Å². The van der Waals surface area contributed by atoms with Crippen LogP contribution in [0.3, 0.4) is 0 Å². The number of nitrogens with one attached hydrogen (secondary N) is 2. The van der Waals surface area contributed by atoms with Crippen LogP contribution in [0.5, 0.6) is 0 Å². The van der Waals surface area contributed by atoms with Gasteiger partial charge in [-0.2, -0.15) is 0 Å². The van der Waals surface area contributed by atoms with Crippen LogP contribution in [-0.2, 0) is 17.6 Å². The second-order valence-corrected chi connectivity index (χ2v) is 5.41. The number of anilines is 1. The van der Waals surface area contributed by atoms with Crippen molar-refractivity contribution < 1.29 is 4.79 Å². The summed E-state index contributed by atoms with van der Waals surface area (Å²) in [5, 5.41) is 6.44. The van der Waals surface area contributed by atoms with Crippen LogP contribution in [0.4, 0.5) is 5.69 Å². The molecule has 0 spiro atoms. The normalized spacial score (nSPS) is 10.6. The van der Waals surface area contributed by atoms with Gasteiger partial charge < -0.3 is 10.6 Å². The highest BCUT2D eigenvalue weighted by atomic mass is 16.1. The van der Waals surface area contributed by atoms with Gasteiger partial charge in [0.15, 0.2) is 0 Å². The fourth-order valence-corrected chi connectivity index (χ4v) is 2.43. The number of carbonyl (C=O) groups is 1. The Morgan fingerprint density at radius 3 is 2.24 bits per heavy atom. The number of amides is 1. The average Bonchev–Trinajstić information content (AvgIpc) is 2.51. The molecule has 1 amide bonds. The lowest BCUT2D eigenvalue weighted by Gasteiger charge is -2.14. The van der Waals surface area contributed by atoms with Gasteiger partial charge in [0, 0.05) is 18.7 Å². The molecule has 0 aliphatic carbocycles. The van der Waals surface area contributed by atoms with Crippen molar-refractivity contribution >= 4 is 11.6 Å². The summed E-state index contributed by atoms with van der Waals surface area (Å²) >= 11 is 0. The zero-order chi connectivity index (χ0) is 15.5. The summed E-state index contributed by atoms with van der Waals surface area (Å²) in [7, 11) is 0. The van der Waals surface area contributed by atoms with Crippen molar-refractivity contribution in [3.63, 3.8) is 0 Å². The van der Waals surface area contributed by atoms with Crippen LogP contribution >= 0.6 is 0 Å². The van der Waals surface area contributed by atoms with E-state index in [1.807, 2.05) is 0 Å². The third-order valence-corrected chi connectivity index (χ3v) is 3.75. The van der Waals surface area contributed by atoms with Crippen LogP contribution in [-0.4, -0.2) is 19.0 Å². The SMILES string of the molecule is CCCCCNCCC(=O)Nc1c(CC)cccc1CC. The summed E-state index contributed by atoms with van der Waals surface area (Å²) < 4.78 is 0. The second-order valence-electron chi connectivity index (χ2n) is 5.41. The lowest BCUT2D eigenvalue weighted by Crippen LogP contribution is -2.23. The van der Waals surface area contributed by atoms with E-state index in [-0.39, 0.29) is 5.91 Å². The molecule has 1 aromatic rings. The molecule has 0 heterocycles. The standard InChI is InChI=1S/C18H30N2O/c1-4-7-8-13-19-14-12-17(21)20-18-15(5-2)10-9-11-16(18)6-3/h9-11,19H,4-8,12-14H2,1-3H3,(H,20,21). The summed E-state index contributed by atoms with van der Waals surface area (Å²) in [6, 6.07) is 6.26. The minimum atomic E-state index is 0.105. The van der Waals surface area contributed by atoms with Gasteiger partial charge in [0.2, 0.25) is 5.91 Å². The van der Waals surface area contributed by atoms with Crippen molar-refractivity contribution in [3.8, 4) is 0 Å². The van der Waals surface area contributed by atoms with E-state index in [0.29, 0.717) is 6.42 Å². The summed E-state index contributed by atoms with van der Waals surface area (Å²) in [6.07, 6.45) is 6.10. The van der Waals surface area contributed by atoms with Gasteiger partial charge in [-0.1, -0.05) is 51.8 Å². The van der Waals surface area contributed by atoms with E-state index in [1.54, 1.807) is 0 Å². The molecule has 0 aliphatic heterocycles.